The van der Waals surface area contributed by atoms with E-state index >= 15 is 0 Å². The highest BCUT2D eigenvalue weighted by atomic mass is 16.5. The van der Waals surface area contributed by atoms with Crippen LogP contribution in [0.15, 0.2) is 30.5 Å². The summed E-state index contributed by atoms with van der Waals surface area (Å²) in [4.78, 5) is 15.0. The Balaban J connectivity index is 2.22. The van der Waals surface area contributed by atoms with Crippen molar-refractivity contribution in [2.75, 3.05) is 24.3 Å². The van der Waals surface area contributed by atoms with Crippen LogP contribution in [-0.4, -0.2) is 28.6 Å². The summed E-state index contributed by atoms with van der Waals surface area (Å²) in [5.41, 5.74) is 6.81. The minimum Gasteiger partial charge on any atom is -0.384 e. The van der Waals surface area contributed by atoms with E-state index in [2.05, 4.69) is 26.8 Å². The molecule has 0 spiro atoms. The van der Waals surface area contributed by atoms with Crippen molar-refractivity contribution >= 4 is 11.6 Å². The number of pyridine rings is 1. The largest absolute Gasteiger partial charge is 0.384 e. The zero-order valence-corrected chi connectivity index (χ0v) is 11.8. The third-order valence-corrected chi connectivity index (χ3v) is 2.84. The van der Waals surface area contributed by atoms with Crippen LogP contribution < -0.4 is 10.6 Å². The molecule has 2 heterocycles. The molecule has 0 saturated carbocycles. The molecule has 0 atom stereocenters. The predicted molar refractivity (Wildman–Crippen MR) is 78.1 cm³/mol. The van der Waals surface area contributed by atoms with Crippen molar-refractivity contribution in [1.29, 1.82) is 0 Å². The third-order valence-electron chi connectivity index (χ3n) is 2.84. The summed E-state index contributed by atoms with van der Waals surface area (Å²) >= 11 is 0. The van der Waals surface area contributed by atoms with Gasteiger partial charge in [-0.25, -0.2) is 9.97 Å². The molecule has 2 N–H and O–H groups in total. The van der Waals surface area contributed by atoms with Crippen LogP contribution in [0.25, 0.3) is 0 Å². The van der Waals surface area contributed by atoms with Gasteiger partial charge in [0.15, 0.2) is 5.82 Å². The molecule has 20 heavy (non-hydrogen) atoms. The Morgan fingerprint density at radius 2 is 2.15 bits per heavy atom. The van der Waals surface area contributed by atoms with Gasteiger partial charge in [-0.05, 0) is 19.1 Å². The lowest BCUT2D eigenvalue weighted by Gasteiger charge is -2.22. The molecule has 2 rings (SSSR count). The summed E-state index contributed by atoms with van der Waals surface area (Å²) in [6.07, 6.45) is 1.79. The lowest BCUT2D eigenvalue weighted by molar-refractivity contribution is 0.178. The molecule has 0 unspecified atom stereocenters. The number of rotatable bonds is 6. The number of hydrogen-bond acceptors (Lipinski definition) is 6. The molecule has 2 aromatic heterocycles. The summed E-state index contributed by atoms with van der Waals surface area (Å²) in [5.74, 6) is 1.82. The van der Waals surface area contributed by atoms with E-state index in [0.717, 1.165) is 18.1 Å². The first-order chi connectivity index (χ1) is 9.72. The van der Waals surface area contributed by atoms with Gasteiger partial charge < -0.3 is 15.4 Å². The number of ether oxygens (including phenoxy) is 1. The summed E-state index contributed by atoms with van der Waals surface area (Å²) in [5, 5.41) is 0. The van der Waals surface area contributed by atoms with Gasteiger partial charge in [0.25, 0.3) is 0 Å². The van der Waals surface area contributed by atoms with Crippen LogP contribution in [-0.2, 0) is 17.9 Å². The average Bonchev–Trinajstić information content (AvgIpc) is 2.45. The molecule has 106 valence electrons. The second kappa shape index (κ2) is 6.81. The molecule has 0 radical (unpaired) electrons. The maximum Gasteiger partial charge on any atom is 0.158 e. The van der Waals surface area contributed by atoms with Gasteiger partial charge in [-0.1, -0.05) is 6.07 Å². The highest BCUT2D eigenvalue weighted by Crippen LogP contribution is 2.16. The quantitative estimate of drug-likeness (QED) is 0.862. The maximum absolute atomic E-state index is 5.83. The molecule has 0 bridgehead atoms. The Bertz CT molecular complexity index is 547. The Morgan fingerprint density at radius 1 is 1.30 bits per heavy atom. The number of methoxy groups -OCH3 is 1. The van der Waals surface area contributed by atoms with Crippen molar-refractivity contribution in [3.05, 3.63) is 42.0 Å². The molecule has 0 saturated heterocycles. The van der Waals surface area contributed by atoms with E-state index in [1.54, 1.807) is 19.4 Å². The molecule has 0 aliphatic carbocycles. The molecule has 0 aromatic carbocycles. The van der Waals surface area contributed by atoms with Crippen molar-refractivity contribution in [2.24, 2.45) is 0 Å². The zero-order chi connectivity index (χ0) is 14.4. The summed E-state index contributed by atoms with van der Waals surface area (Å²) < 4.78 is 5.06. The third kappa shape index (κ3) is 3.64. The molecular weight excluding hydrogens is 254 g/mol. The summed E-state index contributed by atoms with van der Waals surface area (Å²) in [6, 6.07) is 7.63. The molecule has 0 amide bonds. The molecule has 0 aliphatic heterocycles. The second-order valence-corrected chi connectivity index (χ2v) is 4.34. The number of aromatic nitrogens is 3. The minimum atomic E-state index is 0.346. The first kappa shape index (κ1) is 14.2. The van der Waals surface area contributed by atoms with Crippen LogP contribution in [0.3, 0.4) is 0 Å². The van der Waals surface area contributed by atoms with Crippen LogP contribution in [0.1, 0.15) is 18.4 Å². The van der Waals surface area contributed by atoms with Crippen LogP contribution in [0.5, 0.6) is 0 Å². The first-order valence-electron chi connectivity index (χ1n) is 6.50. The van der Waals surface area contributed by atoms with Gasteiger partial charge in [-0.2, -0.15) is 0 Å². The molecule has 6 heteroatoms. The Kier molecular flexibility index (Phi) is 4.84. The van der Waals surface area contributed by atoms with E-state index in [0.29, 0.717) is 24.8 Å². The van der Waals surface area contributed by atoms with Crippen molar-refractivity contribution in [1.82, 2.24) is 15.0 Å². The van der Waals surface area contributed by atoms with Gasteiger partial charge >= 0.3 is 0 Å². The van der Waals surface area contributed by atoms with E-state index in [9.17, 15) is 0 Å². The zero-order valence-electron chi connectivity index (χ0n) is 11.8. The van der Waals surface area contributed by atoms with Gasteiger partial charge in [0.05, 0.1) is 12.2 Å². The Hall–Kier alpha value is -2.21. The van der Waals surface area contributed by atoms with Crippen LogP contribution in [0, 0.1) is 0 Å². The summed E-state index contributed by atoms with van der Waals surface area (Å²) in [6.45, 7) is 3.90. The van der Waals surface area contributed by atoms with Crippen LogP contribution in [0.2, 0.25) is 0 Å². The van der Waals surface area contributed by atoms with E-state index in [1.165, 1.54) is 0 Å². The standard InChI is InChI=1S/C14H19N5O/c1-3-19(9-11-6-4-5-7-16-11)14-8-12(15)17-13(18-14)10-20-2/h4-8H,3,9-10H2,1-2H3,(H2,15,17,18). The van der Waals surface area contributed by atoms with Crippen molar-refractivity contribution in [2.45, 2.75) is 20.1 Å². The van der Waals surface area contributed by atoms with Gasteiger partial charge in [-0.15, -0.1) is 0 Å². The van der Waals surface area contributed by atoms with E-state index in [4.69, 9.17) is 10.5 Å². The predicted octanol–water partition coefficient (Wildman–Crippen LogP) is 1.63. The SMILES string of the molecule is CCN(Cc1ccccn1)c1cc(N)nc(COC)n1. The normalized spacial score (nSPS) is 10.5. The van der Waals surface area contributed by atoms with Gasteiger partial charge in [-0.3, -0.25) is 4.98 Å². The lowest BCUT2D eigenvalue weighted by atomic mass is 10.3. The van der Waals surface area contributed by atoms with E-state index in [-0.39, 0.29) is 0 Å². The molecule has 0 fully saturated rings. The number of nitrogens with zero attached hydrogens (tertiary/aromatic N) is 4. The highest BCUT2D eigenvalue weighted by Gasteiger charge is 2.10. The Morgan fingerprint density at radius 3 is 2.80 bits per heavy atom. The topological polar surface area (TPSA) is 77.2 Å². The Labute approximate surface area is 118 Å². The van der Waals surface area contributed by atoms with Crippen molar-refractivity contribution < 1.29 is 4.74 Å². The monoisotopic (exact) mass is 273 g/mol. The maximum atomic E-state index is 5.83. The first-order valence-corrected chi connectivity index (χ1v) is 6.50. The van der Waals surface area contributed by atoms with Gasteiger partial charge in [0, 0.05) is 25.9 Å². The smallest absolute Gasteiger partial charge is 0.158 e. The van der Waals surface area contributed by atoms with Crippen molar-refractivity contribution in [3.8, 4) is 0 Å². The number of nitrogens with two attached hydrogens (primary N) is 1. The fourth-order valence-electron chi connectivity index (χ4n) is 1.90. The molecule has 0 aliphatic rings. The average molecular weight is 273 g/mol. The summed E-state index contributed by atoms with van der Waals surface area (Å²) in [7, 11) is 1.61. The second-order valence-electron chi connectivity index (χ2n) is 4.34. The van der Waals surface area contributed by atoms with Crippen LogP contribution >= 0.6 is 0 Å². The van der Waals surface area contributed by atoms with Crippen LogP contribution in [0.4, 0.5) is 11.6 Å². The molecular formula is C14H19N5O. The minimum absolute atomic E-state index is 0.346. The molecule has 2 aromatic rings. The van der Waals surface area contributed by atoms with Gasteiger partial charge in [0.2, 0.25) is 0 Å². The lowest BCUT2D eigenvalue weighted by Crippen LogP contribution is -2.24. The van der Waals surface area contributed by atoms with Gasteiger partial charge in [0.1, 0.15) is 18.2 Å². The fraction of sp³-hybridized carbons (Fsp3) is 0.357. The van der Waals surface area contributed by atoms with E-state index in [1.807, 2.05) is 18.2 Å². The number of hydrogen-bond donors (Lipinski definition) is 1. The highest BCUT2D eigenvalue weighted by molar-refractivity contribution is 5.47. The molecule has 6 nitrogen and oxygen atoms in total. The number of anilines is 2. The van der Waals surface area contributed by atoms with Crippen molar-refractivity contribution in [3.63, 3.8) is 0 Å². The number of nitrogen functional groups attached to an aromatic ring is 1. The fourth-order valence-corrected chi connectivity index (χ4v) is 1.90. The van der Waals surface area contributed by atoms with E-state index < -0.39 is 0 Å².